The molecule has 1 heterocycles. The minimum absolute atomic E-state index is 0.164. The molecule has 0 atom stereocenters. The highest BCUT2D eigenvalue weighted by molar-refractivity contribution is 6.07. The number of aromatic nitrogens is 1. The number of pyridine rings is 1. The van der Waals surface area contributed by atoms with Crippen LogP contribution in [0.2, 0.25) is 0 Å². The van der Waals surface area contributed by atoms with Crippen LogP contribution < -0.4 is 5.32 Å². The molecule has 0 radical (unpaired) electrons. The van der Waals surface area contributed by atoms with Crippen molar-refractivity contribution in [2.45, 2.75) is 20.8 Å². The van der Waals surface area contributed by atoms with Gasteiger partial charge in [-0.3, -0.25) is 9.59 Å². The minimum Gasteiger partial charge on any atom is -0.465 e. The van der Waals surface area contributed by atoms with E-state index in [2.05, 4.69) is 18.3 Å². The van der Waals surface area contributed by atoms with E-state index in [0.29, 0.717) is 5.56 Å². The van der Waals surface area contributed by atoms with Gasteiger partial charge in [-0.15, -0.1) is 0 Å². The van der Waals surface area contributed by atoms with E-state index in [1.54, 1.807) is 13.0 Å². The molecule has 3 aromatic rings. The predicted octanol–water partition coefficient (Wildman–Crippen LogP) is 3.81. The Hall–Kier alpha value is -3.21. The number of carbonyl (C=O) groups excluding carboxylic acids is 2. The Morgan fingerprint density at radius 3 is 2.56 bits per heavy atom. The first-order valence-corrected chi connectivity index (χ1v) is 8.91. The van der Waals surface area contributed by atoms with Gasteiger partial charge < -0.3 is 10.1 Å². The molecule has 3 rings (SSSR count). The lowest BCUT2D eigenvalue weighted by Crippen LogP contribution is -2.30. The van der Waals surface area contributed by atoms with Crippen molar-refractivity contribution < 1.29 is 14.3 Å². The lowest BCUT2D eigenvalue weighted by atomic mass is 10.0. The summed E-state index contributed by atoms with van der Waals surface area (Å²) in [5.41, 5.74) is 5.25. The molecular weight excluding hydrogens is 340 g/mol. The summed E-state index contributed by atoms with van der Waals surface area (Å²) in [6.45, 7) is 5.95. The zero-order valence-electron chi connectivity index (χ0n) is 15.7. The maximum absolute atomic E-state index is 12.7. The molecule has 5 heteroatoms. The number of hydrogen-bond acceptors (Lipinski definition) is 4. The molecule has 0 aliphatic rings. The summed E-state index contributed by atoms with van der Waals surface area (Å²) in [5, 5.41) is 3.38. The third kappa shape index (κ3) is 4.14. The monoisotopic (exact) mass is 362 g/mol. The van der Waals surface area contributed by atoms with Gasteiger partial charge in [-0.2, -0.15) is 0 Å². The Labute approximate surface area is 158 Å². The van der Waals surface area contributed by atoms with Crippen molar-refractivity contribution in [3.8, 4) is 11.3 Å². The number of fused-ring (bicyclic) bond motifs is 1. The highest BCUT2D eigenvalue weighted by Gasteiger charge is 2.15. The van der Waals surface area contributed by atoms with E-state index in [0.717, 1.165) is 27.7 Å². The maximum Gasteiger partial charge on any atom is 0.325 e. The first-order valence-electron chi connectivity index (χ1n) is 8.91. The van der Waals surface area contributed by atoms with Crippen LogP contribution in [0.4, 0.5) is 0 Å². The number of aryl methyl sites for hydroxylation is 2. The van der Waals surface area contributed by atoms with Crippen molar-refractivity contribution in [2.75, 3.05) is 13.2 Å². The SMILES string of the molecule is CCOC(=O)CNC(=O)c1cc(-c2ccc(C)c(C)c2)nc2ccccc12. The van der Waals surface area contributed by atoms with Crippen LogP contribution in [0.25, 0.3) is 22.2 Å². The van der Waals surface area contributed by atoms with Crippen LogP contribution >= 0.6 is 0 Å². The summed E-state index contributed by atoms with van der Waals surface area (Å²) < 4.78 is 4.87. The number of nitrogens with one attached hydrogen (secondary N) is 1. The molecule has 0 aliphatic carbocycles. The maximum atomic E-state index is 12.7. The average molecular weight is 362 g/mol. The van der Waals surface area contributed by atoms with Crippen LogP contribution in [0, 0.1) is 13.8 Å². The molecule has 0 spiro atoms. The molecule has 27 heavy (non-hydrogen) atoms. The van der Waals surface area contributed by atoms with E-state index in [4.69, 9.17) is 9.72 Å². The molecule has 0 saturated carbocycles. The van der Waals surface area contributed by atoms with Gasteiger partial charge in [0.2, 0.25) is 0 Å². The molecular formula is C22H22N2O3. The number of hydrogen-bond donors (Lipinski definition) is 1. The van der Waals surface area contributed by atoms with Crippen molar-refractivity contribution in [3.05, 3.63) is 65.2 Å². The third-order valence-electron chi connectivity index (χ3n) is 4.46. The van der Waals surface area contributed by atoms with Gasteiger partial charge >= 0.3 is 5.97 Å². The zero-order valence-corrected chi connectivity index (χ0v) is 15.7. The Kier molecular flexibility index (Phi) is 5.50. The lowest BCUT2D eigenvalue weighted by Gasteiger charge is -2.11. The zero-order chi connectivity index (χ0) is 19.4. The smallest absolute Gasteiger partial charge is 0.325 e. The molecule has 138 valence electrons. The van der Waals surface area contributed by atoms with Gasteiger partial charge in [-0.25, -0.2) is 4.98 Å². The molecule has 0 unspecified atom stereocenters. The molecule has 0 saturated heterocycles. The van der Waals surface area contributed by atoms with E-state index >= 15 is 0 Å². The second kappa shape index (κ2) is 7.99. The second-order valence-corrected chi connectivity index (χ2v) is 6.36. The van der Waals surface area contributed by atoms with Crippen molar-refractivity contribution in [1.82, 2.24) is 10.3 Å². The standard InChI is InChI=1S/C22H22N2O3/c1-4-27-21(25)13-23-22(26)18-12-20(16-10-9-14(2)15(3)11-16)24-19-8-6-5-7-17(18)19/h5-12H,4,13H2,1-3H3,(H,23,26). The number of esters is 1. The van der Waals surface area contributed by atoms with Gasteiger partial charge in [0.05, 0.1) is 23.4 Å². The van der Waals surface area contributed by atoms with Crippen molar-refractivity contribution in [2.24, 2.45) is 0 Å². The Bertz CT molecular complexity index is 1010. The fourth-order valence-electron chi connectivity index (χ4n) is 2.87. The number of rotatable bonds is 5. The van der Waals surface area contributed by atoms with E-state index in [9.17, 15) is 9.59 Å². The van der Waals surface area contributed by atoms with Crippen LogP contribution in [0.5, 0.6) is 0 Å². The van der Waals surface area contributed by atoms with Gasteiger partial charge in [0.25, 0.3) is 5.91 Å². The lowest BCUT2D eigenvalue weighted by molar-refractivity contribution is -0.141. The average Bonchev–Trinajstić information content (AvgIpc) is 2.67. The van der Waals surface area contributed by atoms with Crippen LogP contribution in [0.3, 0.4) is 0 Å². The van der Waals surface area contributed by atoms with Crippen LogP contribution in [-0.2, 0) is 9.53 Å². The van der Waals surface area contributed by atoms with Gasteiger partial charge in [0.1, 0.15) is 6.54 Å². The van der Waals surface area contributed by atoms with Gasteiger partial charge in [-0.1, -0.05) is 30.3 Å². The highest BCUT2D eigenvalue weighted by atomic mass is 16.5. The van der Waals surface area contributed by atoms with Crippen LogP contribution in [0.15, 0.2) is 48.5 Å². The second-order valence-electron chi connectivity index (χ2n) is 6.36. The Morgan fingerprint density at radius 1 is 1.04 bits per heavy atom. The summed E-state index contributed by atoms with van der Waals surface area (Å²) in [6.07, 6.45) is 0. The van der Waals surface area contributed by atoms with Crippen molar-refractivity contribution in [1.29, 1.82) is 0 Å². The first-order chi connectivity index (χ1) is 13.0. The van der Waals surface area contributed by atoms with E-state index in [1.165, 1.54) is 5.56 Å². The predicted molar refractivity (Wildman–Crippen MR) is 106 cm³/mol. The molecule has 0 fully saturated rings. The Balaban J connectivity index is 2.01. The summed E-state index contributed by atoms with van der Waals surface area (Å²) in [4.78, 5) is 29.0. The number of ether oxygens (including phenoxy) is 1. The number of carbonyl (C=O) groups is 2. The topological polar surface area (TPSA) is 68.3 Å². The quantitative estimate of drug-likeness (QED) is 0.701. The fraction of sp³-hybridized carbons (Fsp3) is 0.227. The molecule has 1 aromatic heterocycles. The molecule has 1 N–H and O–H groups in total. The van der Waals surface area contributed by atoms with Crippen LogP contribution in [0.1, 0.15) is 28.4 Å². The summed E-state index contributed by atoms with van der Waals surface area (Å²) in [6, 6.07) is 15.4. The molecule has 0 aliphatic heterocycles. The van der Waals surface area contributed by atoms with E-state index in [1.807, 2.05) is 43.3 Å². The first kappa shape index (κ1) is 18.6. The molecule has 0 bridgehead atoms. The van der Waals surface area contributed by atoms with Gasteiger partial charge in [0.15, 0.2) is 0 Å². The third-order valence-corrected chi connectivity index (χ3v) is 4.46. The number of nitrogens with zero attached hydrogens (tertiary/aromatic N) is 1. The van der Waals surface area contributed by atoms with Gasteiger partial charge in [0, 0.05) is 10.9 Å². The summed E-state index contributed by atoms with van der Waals surface area (Å²) in [5.74, 6) is -0.787. The molecule has 1 amide bonds. The normalized spacial score (nSPS) is 10.6. The summed E-state index contributed by atoms with van der Waals surface area (Å²) >= 11 is 0. The Morgan fingerprint density at radius 2 is 1.81 bits per heavy atom. The van der Waals surface area contributed by atoms with Crippen molar-refractivity contribution >= 4 is 22.8 Å². The number of benzene rings is 2. The number of amides is 1. The largest absolute Gasteiger partial charge is 0.465 e. The van der Waals surface area contributed by atoms with E-state index in [-0.39, 0.29) is 19.1 Å². The highest BCUT2D eigenvalue weighted by Crippen LogP contribution is 2.26. The van der Waals surface area contributed by atoms with Crippen molar-refractivity contribution in [3.63, 3.8) is 0 Å². The van der Waals surface area contributed by atoms with Crippen LogP contribution in [-0.4, -0.2) is 30.0 Å². The van der Waals surface area contributed by atoms with E-state index < -0.39 is 5.97 Å². The molecule has 2 aromatic carbocycles. The summed E-state index contributed by atoms with van der Waals surface area (Å²) in [7, 11) is 0. The number of para-hydroxylation sites is 1. The molecule has 5 nitrogen and oxygen atoms in total. The van der Waals surface area contributed by atoms with Gasteiger partial charge in [-0.05, 0) is 50.1 Å². The minimum atomic E-state index is -0.460. The fourth-order valence-corrected chi connectivity index (χ4v) is 2.87.